The van der Waals surface area contributed by atoms with E-state index < -0.39 is 17.8 Å². The molecule has 6 nitrogen and oxygen atoms in total. The first kappa shape index (κ1) is 34.2. The van der Waals surface area contributed by atoms with Crippen molar-refractivity contribution in [1.82, 2.24) is 19.0 Å². The Balaban J connectivity index is 1.31. The molecule has 1 aliphatic carbocycles. The van der Waals surface area contributed by atoms with Gasteiger partial charge in [0.05, 0.1) is 12.1 Å². The van der Waals surface area contributed by atoms with Gasteiger partial charge in [-0.3, -0.25) is 9.59 Å². The summed E-state index contributed by atoms with van der Waals surface area (Å²) < 4.78 is 56.7. The summed E-state index contributed by atoms with van der Waals surface area (Å²) >= 11 is 1.36. The number of alkyl halides is 3. The van der Waals surface area contributed by atoms with Crippen molar-refractivity contribution in [3.63, 3.8) is 0 Å². The molecule has 5 aromatic rings. The molecule has 254 valence electrons. The summed E-state index contributed by atoms with van der Waals surface area (Å²) in [6.07, 6.45) is 0.555. The Kier molecular flexibility index (Phi) is 10.1. The first-order valence-electron chi connectivity index (χ1n) is 16.1. The van der Waals surface area contributed by atoms with Gasteiger partial charge in [-0.05, 0) is 90.8 Å². The van der Waals surface area contributed by atoms with Crippen molar-refractivity contribution in [3.05, 3.63) is 141 Å². The zero-order valence-corrected chi connectivity index (χ0v) is 28.0. The van der Waals surface area contributed by atoms with Crippen LogP contribution in [-0.4, -0.2) is 32.0 Å². The lowest BCUT2D eigenvalue weighted by molar-refractivity contribution is -0.137. The van der Waals surface area contributed by atoms with E-state index in [1.165, 1.54) is 36.0 Å². The lowest BCUT2D eigenvalue weighted by Crippen LogP contribution is -2.37. The number of fused-ring (bicyclic) bond motifs is 1. The fourth-order valence-electron chi connectivity index (χ4n) is 6.32. The lowest BCUT2D eigenvalue weighted by Gasteiger charge is -2.29. The summed E-state index contributed by atoms with van der Waals surface area (Å²) in [7, 11) is 3.71. The van der Waals surface area contributed by atoms with Gasteiger partial charge in [-0.1, -0.05) is 60.3 Å². The van der Waals surface area contributed by atoms with Gasteiger partial charge in [-0.25, -0.2) is 4.39 Å². The largest absolute Gasteiger partial charge is 0.416 e. The van der Waals surface area contributed by atoms with Crippen molar-refractivity contribution in [2.45, 2.75) is 61.8 Å². The molecule has 0 N–H and O–H groups in total. The molecule has 0 spiro atoms. The third kappa shape index (κ3) is 7.83. The van der Waals surface area contributed by atoms with E-state index in [4.69, 9.17) is 0 Å². The minimum atomic E-state index is -4.40. The van der Waals surface area contributed by atoms with E-state index in [0.29, 0.717) is 54.3 Å². The molecule has 0 aliphatic heterocycles. The van der Waals surface area contributed by atoms with Gasteiger partial charge in [0.1, 0.15) is 11.9 Å². The third-order valence-corrected chi connectivity index (χ3v) is 10.1. The molecule has 0 saturated carbocycles. The van der Waals surface area contributed by atoms with Crippen LogP contribution in [0.2, 0.25) is 0 Å². The molecule has 2 aromatic heterocycles. The van der Waals surface area contributed by atoms with Crippen LogP contribution in [0, 0.1) is 5.82 Å². The Labute approximate surface area is 286 Å². The van der Waals surface area contributed by atoms with Crippen LogP contribution in [0.3, 0.4) is 0 Å². The summed E-state index contributed by atoms with van der Waals surface area (Å²) in [6, 6.07) is 22.1. The molecule has 0 radical (unpaired) electrons. The topological polar surface area (TPSA) is 60.1 Å². The minimum Gasteiger partial charge on any atom is -0.353 e. The van der Waals surface area contributed by atoms with Crippen molar-refractivity contribution in [3.8, 4) is 11.1 Å². The first-order chi connectivity index (χ1) is 23.5. The average Bonchev–Trinajstić information content (AvgIpc) is 3.75. The molecule has 1 unspecified atom stereocenters. The van der Waals surface area contributed by atoms with Crippen LogP contribution in [0.15, 0.2) is 101 Å². The van der Waals surface area contributed by atoms with Gasteiger partial charge >= 0.3 is 6.18 Å². The lowest BCUT2D eigenvalue weighted by atomic mass is 9.99. The number of hydrogen-bond acceptors (Lipinski definition) is 4. The van der Waals surface area contributed by atoms with Crippen LogP contribution in [-0.2, 0) is 49.6 Å². The number of nitrogens with zero attached hydrogens (tertiary/aromatic N) is 4. The van der Waals surface area contributed by atoms with Crippen molar-refractivity contribution in [2.24, 2.45) is 7.05 Å². The number of amides is 1. The minimum absolute atomic E-state index is 0.106. The second-order valence-electron chi connectivity index (χ2n) is 12.4. The second-order valence-corrected chi connectivity index (χ2v) is 13.3. The highest BCUT2D eigenvalue weighted by molar-refractivity contribution is 7.98. The maximum Gasteiger partial charge on any atom is 0.416 e. The van der Waals surface area contributed by atoms with Gasteiger partial charge in [0.25, 0.3) is 5.56 Å². The van der Waals surface area contributed by atoms with Gasteiger partial charge in [-0.2, -0.15) is 18.2 Å². The maximum atomic E-state index is 14.4. The zero-order chi connectivity index (χ0) is 34.7. The van der Waals surface area contributed by atoms with E-state index in [2.05, 4.69) is 4.98 Å². The third-order valence-electron chi connectivity index (χ3n) is 9.05. The fraction of sp³-hybridized carbons (Fsp3) is 0.289. The monoisotopic (exact) mass is 688 g/mol. The molecule has 0 saturated heterocycles. The van der Waals surface area contributed by atoms with Gasteiger partial charge in [0.15, 0.2) is 5.16 Å². The molecular weight excluding hydrogens is 653 g/mol. The number of halogens is 4. The van der Waals surface area contributed by atoms with Crippen LogP contribution in [0.1, 0.15) is 52.5 Å². The molecular formula is C38H36F4N4O2S. The molecule has 3 aromatic carbocycles. The number of thioether (sulfide) groups is 1. The number of carbonyl (C=O) groups excluding carboxylic acids is 1. The van der Waals surface area contributed by atoms with E-state index >= 15 is 0 Å². The Hall–Kier alpha value is -4.64. The summed E-state index contributed by atoms with van der Waals surface area (Å²) in [6.45, 7) is 0.397. The Morgan fingerprint density at radius 1 is 0.939 bits per heavy atom. The number of aromatic nitrogens is 3. The summed E-state index contributed by atoms with van der Waals surface area (Å²) in [5.74, 6) is 0.00295. The van der Waals surface area contributed by atoms with Gasteiger partial charge in [-0.15, -0.1) is 0 Å². The summed E-state index contributed by atoms with van der Waals surface area (Å²) in [5, 5.41) is 0.457. The van der Waals surface area contributed by atoms with E-state index in [-0.39, 0.29) is 17.3 Å². The quantitative estimate of drug-likeness (QED) is 0.0802. The highest BCUT2D eigenvalue weighted by Crippen LogP contribution is 2.34. The van der Waals surface area contributed by atoms with Crippen molar-refractivity contribution < 1.29 is 22.4 Å². The molecule has 1 atom stereocenters. The van der Waals surface area contributed by atoms with E-state index in [0.717, 1.165) is 46.6 Å². The van der Waals surface area contributed by atoms with Crippen LogP contribution >= 0.6 is 11.8 Å². The normalized spacial score (nSPS) is 13.3. The fourth-order valence-corrected chi connectivity index (χ4v) is 7.33. The van der Waals surface area contributed by atoms with Crippen LogP contribution in [0.5, 0.6) is 0 Å². The average molecular weight is 689 g/mol. The summed E-state index contributed by atoms with van der Waals surface area (Å²) in [5.41, 5.74) is 4.78. The zero-order valence-electron chi connectivity index (χ0n) is 27.2. The predicted octanol–water partition coefficient (Wildman–Crippen LogP) is 8.02. The molecule has 1 aliphatic rings. The van der Waals surface area contributed by atoms with Crippen molar-refractivity contribution >= 4 is 17.7 Å². The number of benzene rings is 3. The van der Waals surface area contributed by atoms with Crippen LogP contribution in [0.25, 0.3) is 11.1 Å². The Bertz CT molecular complexity index is 1990. The van der Waals surface area contributed by atoms with Crippen LogP contribution in [0.4, 0.5) is 17.6 Å². The van der Waals surface area contributed by atoms with E-state index in [1.54, 1.807) is 24.1 Å². The molecule has 49 heavy (non-hydrogen) atoms. The number of likely N-dealkylation sites (N-methyl/N-ethyl adjacent to an activating group) is 1. The molecule has 6 rings (SSSR count). The van der Waals surface area contributed by atoms with Crippen LogP contribution < -0.4 is 5.56 Å². The standard InChI is InChI=1S/C38H36F4N4O2S/c1-44-22-4-5-31(44)23-45(2)36(48)34(21-12-25-8-13-27(14-9-25)28-15-17-29(18-16-28)38(40,41)42)46-33-7-3-6-32(33)35(47)43-37(46)49-24-26-10-19-30(39)20-11-26/h4-5,8-11,13-20,22,34H,3,6-7,12,21,23-24H2,1-2H3. The number of rotatable bonds is 11. The second kappa shape index (κ2) is 14.5. The number of carbonyl (C=O) groups is 1. The predicted molar refractivity (Wildman–Crippen MR) is 183 cm³/mol. The molecule has 0 fully saturated rings. The Morgan fingerprint density at radius 3 is 2.22 bits per heavy atom. The number of aryl methyl sites for hydroxylation is 2. The van der Waals surface area contributed by atoms with Gasteiger partial charge < -0.3 is 14.0 Å². The summed E-state index contributed by atoms with van der Waals surface area (Å²) in [4.78, 5) is 33.8. The molecule has 0 bridgehead atoms. The smallest absolute Gasteiger partial charge is 0.353 e. The highest BCUT2D eigenvalue weighted by Gasteiger charge is 2.32. The van der Waals surface area contributed by atoms with Crippen molar-refractivity contribution in [2.75, 3.05) is 7.05 Å². The molecule has 1 amide bonds. The van der Waals surface area contributed by atoms with Gasteiger partial charge in [0, 0.05) is 43.0 Å². The molecule has 11 heteroatoms. The highest BCUT2D eigenvalue weighted by atomic mass is 32.2. The van der Waals surface area contributed by atoms with E-state index in [1.807, 2.05) is 58.8 Å². The molecule has 2 heterocycles. The van der Waals surface area contributed by atoms with Crippen molar-refractivity contribution in [1.29, 1.82) is 0 Å². The Morgan fingerprint density at radius 2 is 1.59 bits per heavy atom. The van der Waals surface area contributed by atoms with Gasteiger partial charge in [0.2, 0.25) is 5.91 Å². The first-order valence-corrected chi connectivity index (χ1v) is 17.1. The number of hydrogen-bond donors (Lipinski definition) is 0. The maximum absolute atomic E-state index is 14.4. The SMILES string of the molecule is CN(Cc1cccn1C)C(=O)C(CCc1ccc(-c2ccc(C(F)(F)F)cc2)cc1)n1c(SCc2ccc(F)cc2)nc(=O)c2c1CCC2. The van der Waals surface area contributed by atoms with E-state index in [9.17, 15) is 27.2 Å².